The molecule has 1 aromatic carbocycles. The molecular formula is C33H36F3N5O5. The van der Waals surface area contributed by atoms with Gasteiger partial charge in [-0.15, -0.1) is 0 Å². The summed E-state index contributed by atoms with van der Waals surface area (Å²) in [7, 11) is 3.75. The van der Waals surface area contributed by atoms with Gasteiger partial charge in [-0.2, -0.15) is 13.2 Å². The van der Waals surface area contributed by atoms with Crippen LogP contribution in [0.25, 0.3) is 11.4 Å². The number of aliphatic hydroxyl groups is 1. The van der Waals surface area contributed by atoms with E-state index in [1.807, 2.05) is 14.1 Å². The number of ether oxygens (including phenoxy) is 1. The van der Waals surface area contributed by atoms with Gasteiger partial charge in [0.2, 0.25) is 0 Å². The van der Waals surface area contributed by atoms with Crippen LogP contribution in [0.15, 0.2) is 58.5 Å². The normalized spacial score (nSPS) is 23.3. The summed E-state index contributed by atoms with van der Waals surface area (Å²) in [6, 6.07) is 3.28. The Kier molecular flexibility index (Phi) is 8.40. The summed E-state index contributed by atoms with van der Waals surface area (Å²) in [5.41, 5.74) is 8.16. The van der Waals surface area contributed by atoms with Gasteiger partial charge in [0.25, 0.3) is 5.91 Å². The maximum atomic E-state index is 14.4. The average molecular weight is 640 g/mol. The number of aliphatic hydroxyl groups excluding tert-OH is 1. The van der Waals surface area contributed by atoms with Gasteiger partial charge in [-0.25, -0.2) is 9.97 Å². The standard InChI is InChI=1S/C31H29F3N4O5.C2H7N/c32-31(33,34)4-7-36-12-16-10-18(30-37-5-1-6-38-30)17-9-14-8-15-11-19(39)23(29(35)42)24-20(15)28(43-27(24)13-2-3-13)21(14)26(41)22(17)25(16)40;1-3-2/h1,5-6,10,13-15,20,36,39-40H,2-4,7-9,11-12H2,(H2,35,42);3H,1-2H3. The van der Waals surface area contributed by atoms with E-state index < -0.39 is 30.2 Å². The van der Waals surface area contributed by atoms with Crippen molar-refractivity contribution in [3.63, 3.8) is 0 Å². The number of benzene rings is 1. The van der Waals surface area contributed by atoms with Crippen molar-refractivity contribution in [3.8, 4) is 17.1 Å². The van der Waals surface area contributed by atoms with Crippen molar-refractivity contribution >= 4 is 11.7 Å². The number of carbonyl (C=O) groups excluding carboxylic acids is 2. The number of rotatable bonds is 7. The second-order valence-corrected chi connectivity index (χ2v) is 12.4. The molecule has 46 heavy (non-hydrogen) atoms. The number of hydrogen-bond donors (Lipinski definition) is 5. The summed E-state index contributed by atoms with van der Waals surface area (Å²) in [6.07, 6.45) is 0.568. The summed E-state index contributed by atoms with van der Waals surface area (Å²) in [4.78, 5) is 35.6. The largest absolute Gasteiger partial charge is 0.511 e. The van der Waals surface area contributed by atoms with Gasteiger partial charge in [0.05, 0.1) is 23.5 Å². The summed E-state index contributed by atoms with van der Waals surface area (Å²) in [5, 5.41) is 27.8. The summed E-state index contributed by atoms with van der Waals surface area (Å²) >= 11 is 0. The molecule has 1 aromatic heterocycles. The lowest BCUT2D eigenvalue weighted by Crippen LogP contribution is -2.38. The highest BCUT2D eigenvalue weighted by atomic mass is 19.4. The number of halogens is 3. The zero-order chi connectivity index (χ0) is 32.9. The number of nitrogens with two attached hydrogens (primary N) is 1. The topological polar surface area (TPSA) is 160 Å². The summed E-state index contributed by atoms with van der Waals surface area (Å²) < 4.78 is 44.6. The van der Waals surface area contributed by atoms with Crippen molar-refractivity contribution in [2.45, 2.75) is 51.2 Å². The number of Topliss-reactive ketones (excluding diaryl/α,β-unsaturated/α-hetero) is 1. The molecule has 1 amide bonds. The molecule has 3 unspecified atom stereocenters. The molecule has 10 nitrogen and oxygen atoms in total. The molecule has 0 bridgehead atoms. The number of ketones is 1. The SMILES string of the molecule is CNC.NC(=O)C1=C(O)CC2CC3Cc4c(-c5ncccn5)cc(CNCCC(F)(F)F)c(O)c4C(=O)C3=C3OC(C4CC4)=C1C32. The smallest absolute Gasteiger partial charge is 0.390 e. The molecule has 4 aliphatic carbocycles. The quantitative estimate of drug-likeness (QED) is 0.277. The fourth-order valence-corrected chi connectivity index (χ4v) is 7.24. The number of aromatic nitrogens is 2. The van der Waals surface area contributed by atoms with E-state index in [-0.39, 0.29) is 65.5 Å². The number of alkyl halides is 3. The van der Waals surface area contributed by atoms with Crippen LogP contribution in [0.3, 0.4) is 0 Å². The fraction of sp³-hybridized carbons (Fsp3) is 0.455. The molecule has 0 spiro atoms. The number of phenolic OH excluding ortho intramolecular Hbond substituents is 1. The average Bonchev–Trinajstić information content (AvgIpc) is 3.77. The number of hydrogen-bond acceptors (Lipinski definition) is 9. The van der Waals surface area contributed by atoms with E-state index in [4.69, 9.17) is 10.5 Å². The van der Waals surface area contributed by atoms with E-state index in [0.717, 1.165) is 12.8 Å². The van der Waals surface area contributed by atoms with E-state index in [1.165, 1.54) is 0 Å². The van der Waals surface area contributed by atoms with Crippen LogP contribution in [-0.4, -0.2) is 58.7 Å². The van der Waals surface area contributed by atoms with Gasteiger partial charge in [-0.3, -0.25) is 9.59 Å². The first-order valence-electron chi connectivity index (χ1n) is 15.4. The van der Waals surface area contributed by atoms with E-state index in [2.05, 4.69) is 20.6 Å². The molecule has 0 saturated heterocycles. The Morgan fingerprint density at radius 3 is 2.41 bits per heavy atom. The molecule has 13 heteroatoms. The number of carbonyl (C=O) groups is 2. The minimum absolute atomic E-state index is 0.0589. The lowest BCUT2D eigenvalue weighted by Gasteiger charge is -2.41. The Labute approximate surface area is 263 Å². The highest BCUT2D eigenvalue weighted by Crippen LogP contribution is 2.60. The number of phenols is 1. The van der Waals surface area contributed by atoms with Gasteiger partial charge in [-0.1, -0.05) is 0 Å². The molecule has 1 saturated carbocycles. The number of fused-ring (bicyclic) bond motifs is 2. The molecule has 5 aliphatic rings. The lowest BCUT2D eigenvalue weighted by atomic mass is 9.61. The number of amides is 1. The van der Waals surface area contributed by atoms with E-state index in [1.54, 1.807) is 24.5 Å². The third-order valence-electron chi connectivity index (χ3n) is 9.14. The van der Waals surface area contributed by atoms with Crippen molar-refractivity contribution in [1.29, 1.82) is 0 Å². The van der Waals surface area contributed by atoms with Crippen molar-refractivity contribution in [3.05, 3.63) is 75.2 Å². The van der Waals surface area contributed by atoms with Crippen molar-refractivity contribution in [1.82, 2.24) is 20.6 Å². The van der Waals surface area contributed by atoms with Crippen LogP contribution in [0.4, 0.5) is 13.2 Å². The Hall–Kier alpha value is -4.23. The molecule has 244 valence electrons. The van der Waals surface area contributed by atoms with E-state index >= 15 is 0 Å². The van der Waals surface area contributed by atoms with E-state index in [9.17, 15) is 33.0 Å². The minimum atomic E-state index is -4.33. The molecule has 1 fully saturated rings. The Balaban J connectivity index is 0.00000119. The van der Waals surface area contributed by atoms with E-state index in [0.29, 0.717) is 52.5 Å². The van der Waals surface area contributed by atoms with Crippen LogP contribution in [-0.2, 0) is 22.5 Å². The second kappa shape index (κ2) is 12.2. The van der Waals surface area contributed by atoms with Crippen LogP contribution >= 0.6 is 0 Å². The summed E-state index contributed by atoms with van der Waals surface area (Å²) in [6.45, 7) is -0.469. The van der Waals surface area contributed by atoms with Crippen molar-refractivity contribution in [2.24, 2.45) is 29.4 Å². The number of aromatic hydroxyl groups is 1. The third kappa shape index (κ3) is 5.66. The predicted octanol–water partition coefficient (Wildman–Crippen LogP) is 4.37. The predicted molar refractivity (Wildman–Crippen MR) is 161 cm³/mol. The lowest BCUT2D eigenvalue weighted by molar-refractivity contribution is -0.133. The van der Waals surface area contributed by atoms with Crippen LogP contribution in [0.1, 0.15) is 53.6 Å². The Morgan fingerprint density at radius 2 is 1.78 bits per heavy atom. The zero-order valence-corrected chi connectivity index (χ0v) is 25.5. The molecule has 6 N–H and O–H groups in total. The first kappa shape index (κ1) is 31.7. The van der Waals surface area contributed by atoms with Crippen molar-refractivity contribution < 1.29 is 37.7 Å². The second-order valence-electron chi connectivity index (χ2n) is 12.4. The molecule has 2 aromatic rings. The van der Waals surface area contributed by atoms with Crippen LogP contribution in [0.2, 0.25) is 0 Å². The van der Waals surface area contributed by atoms with Gasteiger partial charge in [0, 0.05) is 60.1 Å². The third-order valence-corrected chi connectivity index (χ3v) is 9.14. The van der Waals surface area contributed by atoms with Crippen molar-refractivity contribution in [2.75, 3.05) is 20.6 Å². The minimum Gasteiger partial charge on any atom is -0.511 e. The number of nitrogens with one attached hydrogen (secondary N) is 2. The number of nitrogens with zero attached hydrogens (tertiary/aromatic N) is 2. The monoisotopic (exact) mass is 639 g/mol. The van der Waals surface area contributed by atoms with Crippen LogP contribution < -0.4 is 16.4 Å². The number of primary amides is 1. The molecule has 7 rings (SSSR count). The molecule has 2 heterocycles. The molecule has 0 radical (unpaired) electrons. The highest BCUT2D eigenvalue weighted by molar-refractivity contribution is 6.14. The first-order chi connectivity index (χ1) is 21.9. The van der Waals surface area contributed by atoms with Crippen LogP contribution in [0.5, 0.6) is 5.75 Å². The maximum absolute atomic E-state index is 14.4. The van der Waals surface area contributed by atoms with Gasteiger partial charge < -0.3 is 31.3 Å². The Bertz CT molecular complexity index is 1680. The van der Waals surface area contributed by atoms with Crippen LogP contribution in [0, 0.1) is 23.7 Å². The summed E-state index contributed by atoms with van der Waals surface area (Å²) in [5.74, 6) is -0.915. The zero-order valence-electron chi connectivity index (χ0n) is 25.5. The van der Waals surface area contributed by atoms with Gasteiger partial charge in [0.15, 0.2) is 11.6 Å². The van der Waals surface area contributed by atoms with Gasteiger partial charge >= 0.3 is 6.18 Å². The Morgan fingerprint density at radius 1 is 1.09 bits per heavy atom. The first-order valence-corrected chi connectivity index (χ1v) is 15.4. The highest BCUT2D eigenvalue weighted by Gasteiger charge is 2.55. The molecule has 3 atom stereocenters. The van der Waals surface area contributed by atoms with Gasteiger partial charge in [-0.05, 0) is 69.3 Å². The maximum Gasteiger partial charge on any atom is 0.390 e. The number of allylic oxidation sites excluding steroid dienone is 4. The molecular weight excluding hydrogens is 603 g/mol. The van der Waals surface area contributed by atoms with Gasteiger partial charge in [0.1, 0.15) is 23.0 Å². The molecule has 1 aliphatic heterocycles. The fourth-order valence-electron chi connectivity index (χ4n) is 7.24.